The van der Waals surface area contributed by atoms with E-state index in [4.69, 9.17) is 14.9 Å². The third-order valence-electron chi connectivity index (χ3n) is 5.71. The van der Waals surface area contributed by atoms with Gasteiger partial charge in [-0.05, 0) is 36.6 Å². The molecule has 0 amide bonds. The number of ether oxygens (including phenoxy) is 1. The second-order valence-electron chi connectivity index (χ2n) is 7.49. The maximum absolute atomic E-state index is 13.2. The van der Waals surface area contributed by atoms with E-state index in [1.54, 1.807) is 0 Å². The summed E-state index contributed by atoms with van der Waals surface area (Å²) in [5.74, 6) is -0.608. The number of anilines is 1. The second kappa shape index (κ2) is 7.41. The molecule has 1 saturated heterocycles. The van der Waals surface area contributed by atoms with E-state index in [0.29, 0.717) is 48.3 Å². The number of rotatable bonds is 2. The number of aliphatic carboxylic acids is 1. The Morgan fingerprint density at radius 3 is 2.75 bits per heavy atom. The van der Waals surface area contributed by atoms with E-state index >= 15 is 0 Å². The molecule has 2 atom stereocenters. The summed E-state index contributed by atoms with van der Waals surface area (Å²) in [6.07, 6.45) is 2.60. The maximum Gasteiger partial charge on any atom is 0.333 e. The lowest BCUT2D eigenvalue weighted by Gasteiger charge is -2.29. The fourth-order valence-corrected chi connectivity index (χ4v) is 3.89. The fraction of sp³-hybridized carbons (Fsp3) is 0.429. The highest BCUT2D eigenvalue weighted by molar-refractivity contribution is 5.94. The molecule has 7 nitrogen and oxygen atoms in total. The first kappa shape index (κ1) is 18.7. The van der Waals surface area contributed by atoms with Gasteiger partial charge in [0.15, 0.2) is 5.43 Å². The van der Waals surface area contributed by atoms with E-state index in [0.717, 1.165) is 18.8 Å². The lowest BCUT2D eigenvalue weighted by atomic mass is 9.86. The monoisotopic (exact) mass is 384 g/mol. The number of fused-ring (bicyclic) bond motifs is 2. The highest BCUT2D eigenvalue weighted by atomic mass is 16.5. The minimum atomic E-state index is -1.10. The molecule has 0 spiro atoms. The van der Waals surface area contributed by atoms with E-state index in [1.807, 2.05) is 25.1 Å². The average Bonchev–Trinajstić information content (AvgIpc) is 2.70. The van der Waals surface area contributed by atoms with Gasteiger partial charge in [-0.1, -0.05) is 6.92 Å². The number of hydrogen-bond acceptors (Lipinski definition) is 6. The number of morpholine rings is 1. The van der Waals surface area contributed by atoms with Gasteiger partial charge in [-0.25, -0.2) is 4.79 Å². The van der Waals surface area contributed by atoms with Crippen molar-refractivity contribution in [2.75, 3.05) is 31.2 Å². The Balaban J connectivity index is 1.88. The van der Waals surface area contributed by atoms with Gasteiger partial charge in [0.25, 0.3) is 0 Å². The summed E-state index contributed by atoms with van der Waals surface area (Å²) in [5.41, 5.74) is 7.71. The Morgan fingerprint density at radius 1 is 1.29 bits per heavy atom. The Morgan fingerprint density at radius 2 is 2.04 bits per heavy atom. The number of carboxylic acids is 1. The molecule has 2 aliphatic rings. The van der Waals surface area contributed by atoms with Crippen LogP contribution in [0.25, 0.3) is 17.0 Å². The van der Waals surface area contributed by atoms with Gasteiger partial charge in [0, 0.05) is 31.2 Å². The molecule has 1 aromatic heterocycles. The first-order valence-corrected chi connectivity index (χ1v) is 9.58. The van der Waals surface area contributed by atoms with Gasteiger partial charge in [0.2, 0.25) is 0 Å². The van der Waals surface area contributed by atoms with E-state index in [1.165, 1.54) is 6.08 Å². The molecule has 2 aromatic rings. The summed E-state index contributed by atoms with van der Waals surface area (Å²) >= 11 is 0. The summed E-state index contributed by atoms with van der Waals surface area (Å²) in [4.78, 5) is 27.1. The van der Waals surface area contributed by atoms with Crippen molar-refractivity contribution < 1.29 is 19.1 Å². The second-order valence-corrected chi connectivity index (χ2v) is 7.49. The highest BCUT2D eigenvalue weighted by Crippen LogP contribution is 2.28. The van der Waals surface area contributed by atoms with E-state index in [9.17, 15) is 14.7 Å². The van der Waals surface area contributed by atoms with Crippen LogP contribution in [-0.2, 0) is 16.0 Å². The third kappa shape index (κ3) is 3.31. The van der Waals surface area contributed by atoms with Gasteiger partial charge >= 0.3 is 5.97 Å². The number of nitrogens with zero attached hydrogens (tertiary/aromatic N) is 1. The van der Waals surface area contributed by atoms with Crippen molar-refractivity contribution in [3.05, 3.63) is 45.3 Å². The van der Waals surface area contributed by atoms with Crippen molar-refractivity contribution in [1.29, 1.82) is 0 Å². The summed E-state index contributed by atoms with van der Waals surface area (Å²) in [6, 6.07) is 4.96. The molecule has 1 aliphatic carbocycles. The summed E-state index contributed by atoms with van der Waals surface area (Å²) in [6.45, 7) is 4.74. The lowest BCUT2D eigenvalue weighted by Crippen LogP contribution is -2.36. The molecule has 0 radical (unpaired) electrons. The maximum atomic E-state index is 13.2. The molecule has 0 bridgehead atoms. The van der Waals surface area contributed by atoms with Crippen molar-refractivity contribution >= 4 is 28.7 Å². The molecular weight excluding hydrogens is 360 g/mol. The largest absolute Gasteiger partial charge is 0.478 e. The summed E-state index contributed by atoms with van der Waals surface area (Å²) in [7, 11) is 0. The Kier molecular flexibility index (Phi) is 4.95. The minimum absolute atomic E-state index is 0.0276. The van der Waals surface area contributed by atoms with Crippen molar-refractivity contribution in [3.63, 3.8) is 0 Å². The third-order valence-corrected chi connectivity index (χ3v) is 5.71. The topological polar surface area (TPSA) is 106 Å². The lowest BCUT2D eigenvalue weighted by molar-refractivity contribution is -0.133. The molecule has 28 heavy (non-hydrogen) atoms. The van der Waals surface area contributed by atoms with Crippen LogP contribution in [0.3, 0.4) is 0 Å². The van der Waals surface area contributed by atoms with Crippen LogP contribution in [0.2, 0.25) is 0 Å². The molecule has 4 rings (SSSR count). The molecule has 2 unspecified atom stereocenters. The number of hydrogen-bond donors (Lipinski definition) is 2. The van der Waals surface area contributed by atoms with Gasteiger partial charge < -0.3 is 24.9 Å². The van der Waals surface area contributed by atoms with Crippen LogP contribution in [-0.4, -0.2) is 43.4 Å². The Labute approximate surface area is 162 Å². The number of nitrogens with two attached hydrogens (primary N) is 1. The van der Waals surface area contributed by atoms with Gasteiger partial charge in [0.05, 0.1) is 29.7 Å². The number of benzene rings is 1. The Hall–Kier alpha value is -2.64. The minimum Gasteiger partial charge on any atom is -0.478 e. The van der Waals surface area contributed by atoms with Gasteiger partial charge in [-0.15, -0.1) is 0 Å². The molecule has 3 N–H and O–H groups in total. The van der Waals surface area contributed by atoms with Crippen molar-refractivity contribution in [2.45, 2.75) is 25.8 Å². The standard InChI is InChI=1S/C21H24N2O5/c1-12-2-4-17-15(11-16(19(12)22)21(25)26)20(24)14-10-13(3-5-18(14)28-17)23-6-8-27-9-7-23/h3,5,10-12,19H,2,4,6-9,22H2,1H3,(H,25,26)/b16-11+. The zero-order valence-electron chi connectivity index (χ0n) is 15.8. The first-order valence-electron chi connectivity index (χ1n) is 9.58. The van der Waals surface area contributed by atoms with Crippen molar-refractivity contribution in [1.82, 2.24) is 0 Å². The Bertz CT molecular complexity index is 1000. The van der Waals surface area contributed by atoms with Gasteiger partial charge in [0.1, 0.15) is 11.3 Å². The van der Waals surface area contributed by atoms with E-state index < -0.39 is 12.0 Å². The number of carbonyl (C=O) groups is 1. The summed E-state index contributed by atoms with van der Waals surface area (Å²) < 4.78 is 11.4. The molecular formula is C21H24N2O5. The van der Waals surface area contributed by atoms with Crippen molar-refractivity contribution in [3.8, 4) is 0 Å². The molecule has 7 heteroatoms. The first-order chi connectivity index (χ1) is 13.5. The zero-order chi connectivity index (χ0) is 19.8. The van der Waals surface area contributed by atoms with Gasteiger partial charge in [-0.2, -0.15) is 0 Å². The number of carboxylic acid groups (broad SMARTS) is 1. The molecule has 148 valence electrons. The average molecular weight is 384 g/mol. The van der Waals surface area contributed by atoms with Crippen LogP contribution < -0.4 is 16.1 Å². The smallest absolute Gasteiger partial charge is 0.333 e. The molecule has 2 heterocycles. The SMILES string of the molecule is CC1CCc2oc3ccc(N4CCOCC4)cc3c(=O)c2/C=C(/C(=O)O)C1N. The summed E-state index contributed by atoms with van der Waals surface area (Å²) in [5, 5.41) is 10.0. The number of aryl methyl sites for hydroxylation is 1. The molecule has 1 aliphatic heterocycles. The van der Waals surface area contributed by atoms with Crippen LogP contribution in [0, 0.1) is 5.92 Å². The van der Waals surface area contributed by atoms with Crippen LogP contribution in [0.1, 0.15) is 24.7 Å². The molecule has 1 fully saturated rings. The van der Waals surface area contributed by atoms with E-state index in [2.05, 4.69) is 4.90 Å². The molecule has 0 saturated carbocycles. The van der Waals surface area contributed by atoms with Crippen molar-refractivity contribution in [2.24, 2.45) is 11.7 Å². The zero-order valence-corrected chi connectivity index (χ0v) is 15.8. The predicted molar refractivity (Wildman–Crippen MR) is 107 cm³/mol. The quantitative estimate of drug-likeness (QED) is 0.816. The van der Waals surface area contributed by atoms with Crippen LogP contribution in [0.5, 0.6) is 0 Å². The van der Waals surface area contributed by atoms with Gasteiger partial charge in [-0.3, -0.25) is 4.79 Å². The van der Waals surface area contributed by atoms with Crippen LogP contribution in [0.4, 0.5) is 5.69 Å². The van der Waals surface area contributed by atoms with Crippen LogP contribution in [0.15, 0.2) is 33.0 Å². The molecule has 1 aromatic carbocycles. The van der Waals surface area contributed by atoms with Crippen LogP contribution >= 0.6 is 0 Å². The normalized spacial score (nSPS) is 24.8. The highest BCUT2D eigenvalue weighted by Gasteiger charge is 2.27. The fourth-order valence-electron chi connectivity index (χ4n) is 3.89. The predicted octanol–water partition coefficient (Wildman–Crippen LogP) is 2.01. The van der Waals surface area contributed by atoms with E-state index in [-0.39, 0.29) is 16.9 Å².